The monoisotopic (exact) mass is 395 g/mol. The van der Waals surface area contributed by atoms with Gasteiger partial charge < -0.3 is 0 Å². The summed E-state index contributed by atoms with van der Waals surface area (Å²) in [5, 5.41) is 4.75. The van der Waals surface area contributed by atoms with Gasteiger partial charge in [0.1, 0.15) is 6.33 Å². The number of sulfonamides is 1. The highest BCUT2D eigenvalue weighted by atomic mass is 32.2. The summed E-state index contributed by atoms with van der Waals surface area (Å²) in [6.07, 6.45) is 5.82. The Labute approximate surface area is 154 Å². The smallest absolute Gasteiger partial charge is 0.249 e. The number of hydrogen-bond donors (Lipinski definition) is 0. The van der Waals surface area contributed by atoms with Crippen LogP contribution in [0.25, 0.3) is 5.65 Å². The molecule has 4 heterocycles. The molecule has 3 aromatic rings. The van der Waals surface area contributed by atoms with Gasteiger partial charge in [-0.3, -0.25) is 0 Å². The Bertz CT molecular complexity index is 1070. The summed E-state index contributed by atoms with van der Waals surface area (Å²) in [7, 11) is -3.50. The van der Waals surface area contributed by atoms with E-state index in [0.29, 0.717) is 31.5 Å². The molecule has 3 aromatic heterocycles. The molecule has 7 nitrogen and oxygen atoms in total. The summed E-state index contributed by atoms with van der Waals surface area (Å²) >= 11 is 1.18. The molecular weight excluding hydrogens is 377 g/mol. The van der Waals surface area contributed by atoms with Crippen LogP contribution in [0.1, 0.15) is 34.9 Å². The van der Waals surface area contributed by atoms with Gasteiger partial charge in [0.2, 0.25) is 0 Å². The molecule has 1 saturated heterocycles. The van der Waals surface area contributed by atoms with Gasteiger partial charge in [0.25, 0.3) is 10.0 Å². The molecule has 0 amide bonds. The molecule has 0 unspecified atom stereocenters. The van der Waals surface area contributed by atoms with E-state index in [2.05, 4.69) is 15.1 Å². The number of thiazole rings is 1. The quantitative estimate of drug-likeness (QED) is 0.681. The fourth-order valence-corrected chi connectivity index (χ4v) is 6.17. The van der Waals surface area contributed by atoms with Gasteiger partial charge in [-0.05, 0) is 43.7 Å². The lowest BCUT2D eigenvalue weighted by molar-refractivity contribution is 0.318. The van der Waals surface area contributed by atoms with Crippen molar-refractivity contribution < 1.29 is 12.8 Å². The highest BCUT2D eigenvalue weighted by molar-refractivity contribution is 7.91. The van der Waals surface area contributed by atoms with Crippen LogP contribution in [0, 0.1) is 19.7 Å². The van der Waals surface area contributed by atoms with Crippen LogP contribution in [0.3, 0.4) is 0 Å². The minimum atomic E-state index is -3.50. The van der Waals surface area contributed by atoms with E-state index in [9.17, 15) is 12.8 Å². The maximum absolute atomic E-state index is 14.5. The van der Waals surface area contributed by atoms with E-state index in [4.69, 9.17) is 0 Å². The Kier molecular flexibility index (Phi) is 4.28. The average Bonchev–Trinajstić information content (AvgIpc) is 3.27. The molecule has 0 aliphatic carbocycles. The largest absolute Gasteiger partial charge is 0.254 e. The number of hydrogen-bond acceptors (Lipinski definition) is 6. The fourth-order valence-electron chi connectivity index (χ4n) is 3.43. The van der Waals surface area contributed by atoms with E-state index >= 15 is 0 Å². The van der Waals surface area contributed by atoms with E-state index in [1.54, 1.807) is 13.8 Å². The lowest BCUT2D eigenvalue weighted by Crippen LogP contribution is -2.37. The van der Waals surface area contributed by atoms with Crippen LogP contribution in [-0.2, 0) is 10.0 Å². The zero-order valence-electron chi connectivity index (χ0n) is 14.4. The zero-order chi connectivity index (χ0) is 18.5. The number of piperidine rings is 1. The van der Waals surface area contributed by atoms with Gasteiger partial charge in [0.15, 0.2) is 15.7 Å². The van der Waals surface area contributed by atoms with Crippen molar-refractivity contribution in [2.45, 2.75) is 36.8 Å². The molecule has 0 spiro atoms. The topological polar surface area (TPSA) is 80.5 Å². The van der Waals surface area contributed by atoms with Crippen LogP contribution < -0.4 is 0 Å². The van der Waals surface area contributed by atoms with Crippen molar-refractivity contribution in [1.82, 2.24) is 23.9 Å². The molecule has 1 aliphatic heterocycles. The van der Waals surface area contributed by atoms with Crippen molar-refractivity contribution in [2.24, 2.45) is 0 Å². The van der Waals surface area contributed by atoms with Crippen LogP contribution in [0.4, 0.5) is 4.39 Å². The third kappa shape index (κ3) is 2.81. The van der Waals surface area contributed by atoms with Crippen molar-refractivity contribution >= 4 is 27.0 Å². The fraction of sp³-hybridized carbons (Fsp3) is 0.438. The predicted molar refractivity (Wildman–Crippen MR) is 95.3 cm³/mol. The molecular formula is C16H18FN5O2S2. The average molecular weight is 395 g/mol. The second kappa shape index (κ2) is 6.36. The minimum Gasteiger partial charge on any atom is -0.249 e. The van der Waals surface area contributed by atoms with E-state index in [0.717, 1.165) is 10.6 Å². The van der Waals surface area contributed by atoms with Crippen LogP contribution in [-0.4, -0.2) is 45.4 Å². The van der Waals surface area contributed by atoms with Crippen molar-refractivity contribution in [1.29, 1.82) is 0 Å². The SMILES string of the molecule is Cc1ncc(S(=O)(=O)N2CCC(c3cn4ncnc4c(F)c3C)CC2)s1. The molecule has 0 aromatic carbocycles. The molecule has 0 bridgehead atoms. The number of pyridine rings is 1. The normalized spacial score (nSPS) is 17.2. The van der Waals surface area contributed by atoms with Crippen LogP contribution in [0.15, 0.2) is 22.9 Å². The lowest BCUT2D eigenvalue weighted by atomic mass is 9.88. The predicted octanol–water partition coefficient (Wildman–Crippen LogP) is 2.51. The second-order valence-electron chi connectivity index (χ2n) is 6.43. The summed E-state index contributed by atoms with van der Waals surface area (Å²) in [6.45, 7) is 4.33. The van der Waals surface area contributed by atoms with E-state index in [1.807, 2.05) is 6.20 Å². The lowest BCUT2D eigenvalue weighted by Gasteiger charge is -2.31. The Morgan fingerprint density at radius 3 is 2.62 bits per heavy atom. The second-order valence-corrected chi connectivity index (χ2v) is 9.83. The number of rotatable bonds is 3. The molecule has 0 saturated carbocycles. The van der Waals surface area contributed by atoms with Gasteiger partial charge in [-0.15, -0.1) is 11.3 Å². The van der Waals surface area contributed by atoms with Gasteiger partial charge in [-0.1, -0.05) is 0 Å². The van der Waals surface area contributed by atoms with E-state index in [-0.39, 0.29) is 21.6 Å². The van der Waals surface area contributed by atoms with E-state index < -0.39 is 10.0 Å². The van der Waals surface area contributed by atoms with Crippen LogP contribution in [0.2, 0.25) is 0 Å². The number of nitrogens with zero attached hydrogens (tertiary/aromatic N) is 5. The van der Waals surface area contributed by atoms with Crippen molar-refractivity contribution in [2.75, 3.05) is 13.1 Å². The summed E-state index contributed by atoms with van der Waals surface area (Å²) in [6, 6.07) is 0. The maximum Gasteiger partial charge on any atom is 0.254 e. The van der Waals surface area contributed by atoms with Gasteiger partial charge in [0, 0.05) is 19.3 Å². The van der Waals surface area contributed by atoms with Crippen LogP contribution >= 0.6 is 11.3 Å². The Morgan fingerprint density at radius 2 is 1.96 bits per heavy atom. The number of halogens is 1. The molecule has 0 atom stereocenters. The first kappa shape index (κ1) is 17.5. The third-order valence-corrected chi connectivity index (χ3v) is 8.13. The Morgan fingerprint density at radius 1 is 1.23 bits per heavy atom. The first-order valence-electron chi connectivity index (χ1n) is 8.29. The Hall–Kier alpha value is -1.91. The first-order valence-corrected chi connectivity index (χ1v) is 10.5. The third-order valence-electron chi connectivity index (χ3n) is 4.88. The first-order chi connectivity index (χ1) is 12.4. The van der Waals surface area contributed by atoms with Crippen molar-refractivity contribution in [3.8, 4) is 0 Å². The molecule has 0 radical (unpaired) electrons. The minimum absolute atomic E-state index is 0.0905. The van der Waals surface area contributed by atoms with Gasteiger partial charge in [-0.25, -0.2) is 27.3 Å². The summed E-state index contributed by atoms with van der Waals surface area (Å²) in [4.78, 5) is 7.97. The van der Waals surface area contributed by atoms with Gasteiger partial charge in [-0.2, -0.15) is 9.40 Å². The maximum atomic E-state index is 14.5. The molecule has 1 aliphatic rings. The highest BCUT2D eigenvalue weighted by Crippen LogP contribution is 2.34. The number of aromatic nitrogens is 4. The van der Waals surface area contributed by atoms with E-state index in [1.165, 1.54) is 32.7 Å². The number of aryl methyl sites for hydroxylation is 1. The summed E-state index contributed by atoms with van der Waals surface area (Å²) in [5.41, 5.74) is 1.64. The Balaban J connectivity index is 1.56. The molecule has 4 rings (SSSR count). The standard InChI is InChI=1S/C16H18FN5O2S2/c1-10-13(8-22-16(15(10)17)19-9-20-22)12-3-5-21(6-4-12)26(23,24)14-7-18-11(2)25-14/h7-9,12H,3-6H2,1-2H3. The van der Waals surface area contributed by atoms with Crippen molar-refractivity contribution in [3.05, 3.63) is 40.7 Å². The molecule has 10 heteroatoms. The highest BCUT2D eigenvalue weighted by Gasteiger charge is 2.32. The molecule has 1 fully saturated rings. The number of fused-ring (bicyclic) bond motifs is 1. The summed E-state index contributed by atoms with van der Waals surface area (Å²) < 4.78 is 43.2. The molecule has 138 valence electrons. The molecule has 0 N–H and O–H groups in total. The van der Waals surface area contributed by atoms with Crippen LogP contribution in [0.5, 0.6) is 0 Å². The van der Waals surface area contributed by atoms with Gasteiger partial charge in [0.05, 0.1) is 11.2 Å². The van der Waals surface area contributed by atoms with Crippen molar-refractivity contribution in [3.63, 3.8) is 0 Å². The summed E-state index contributed by atoms with van der Waals surface area (Å²) in [5.74, 6) is -0.275. The molecule has 26 heavy (non-hydrogen) atoms. The van der Waals surface area contributed by atoms with Gasteiger partial charge >= 0.3 is 0 Å². The zero-order valence-corrected chi connectivity index (χ0v) is 16.0.